The normalized spacial score (nSPS) is 28.9. The summed E-state index contributed by atoms with van der Waals surface area (Å²) in [5.41, 5.74) is 1.32. The Labute approximate surface area is 125 Å². The minimum Gasteiger partial charge on any atom is -0.497 e. The van der Waals surface area contributed by atoms with E-state index in [-0.39, 0.29) is 0 Å². The summed E-state index contributed by atoms with van der Waals surface area (Å²) in [6.45, 7) is 4.67. The lowest BCUT2D eigenvalue weighted by Crippen LogP contribution is -2.35. The van der Waals surface area contributed by atoms with Crippen molar-refractivity contribution in [3.63, 3.8) is 0 Å². The molecule has 4 heteroatoms. The molecule has 0 aromatic heterocycles. The van der Waals surface area contributed by atoms with E-state index < -0.39 is 0 Å². The second kappa shape index (κ2) is 6.91. The van der Waals surface area contributed by atoms with Gasteiger partial charge in [-0.05, 0) is 24.7 Å². The van der Waals surface area contributed by atoms with Crippen LogP contribution in [0, 0.1) is 0 Å². The zero-order chi connectivity index (χ0) is 13.8. The monoisotopic (exact) mass is 297 g/mol. The van der Waals surface area contributed by atoms with Gasteiger partial charge in [0.2, 0.25) is 0 Å². The predicted molar refractivity (Wildman–Crippen MR) is 87.6 cm³/mol. The summed E-state index contributed by atoms with van der Waals surface area (Å²) < 4.78 is 5.34. The van der Waals surface area contributed by atoms with Crippen LogP contribution in [0.25, 0.3) is 0 Å². The maximum Gasteiger partial charge on any atom is 0.119 e. The number of hydrogen-bond acceptors (Lipinski definition) is 4. The summed E-state index contributed by atoms with van der Waals surface area (Å²) in [5.74, 6) is 2.14. The van der Waals surface area contributed by atoms with E-state index in [1.165, 1.54) is 11.3 Å². The van der Waals surface area contributed by atoms with Crippen molar-refractivity contribution in [3.8, 4) is 5.75 Å². The molecule has 4 unspecified atom stereocenters. The van der Waals surface area contributed by atoms with E-state index in [4.69, 9.17) is 4.74 Å². The third-order valence-electron chi connectivity index (χ3n) is 3.71. The molecule has 0 radical (unpaired) electrons. The van der Waals surface area contributed by atoms with E-state index in [1.807, 2.05) is 6.07 Å². The summed E-state index contributed by atoms with van der Waals surface area (Å²) in [5, 5.41) is 5.57. The molecule has 1 fully saturated rings. The van der Waals surface area contributed by atoms with Gasteiger partial charge in [-0.15, -0.1) is 0 Å². The summed E-state index contributed by atoms with van der Waals surface area (Å²) in [6, 6.07) is 8.81. The smallest absolute Gasteiger partial charge is 0.119 e. The predicted octanol–water partition coefficient (Wildman–Crippen LogP) is 3.58. The lowest BCUT2D eigenvalue weighted by atomic mass is 10.0. The molecule has 106 valence electrons. The van der Waals surface area contributed by atoms with Crippen molar-refractivity contribution in [1.29, 1.82) is 0 Å². The quantitative estimate of drug-likeness (QED) is 0.916. The molecule has 0 aliphatic carbocycles. The highest BCUT2D eigenvalue weighted by Gasteiger charge is 2.31. The Morgan fingerprint density at radius 1 is 1.32 bits per heavy atom. The van der Waals surface area contributed by atoms with Crippen molar-refractivity contribution in [3.05, 3.63) is 29.8 Å². The molecule has 2 rings (SSSR count). The Bertz CT molecular complexity index is 413. The van der Waals surface area contributed by atoms with Crippen molar-refractivity contribution in [2.24, 2.45) is 0 Å². The first kappa shape index (κ1) is 15.1. The number of benzene rings is 1. The van der Waals surface area contributed by atoms with Crippen LogP contribution in [0.5, 0.6) is 5.75 Å². The molecule has 1 aliphatic rings. The number of hydrogen-bond donors (Lipinski definition) is 1. The maximum absolute atomic E-state index is 5.34. The summed E-state index contributed by atoms with van der Waals surface area (Å²) >= 11 is 4.20. The fraction of sp³-hybridized carbons (Fsp3) is 0.600. The lowest BCUT2D eigenvalue weighted by molar-refractivity contribution is 0.413. The average Bonchev–Trinajstić information content (AvgIpc) is 2.44. The van der Waals surface area contributed by atoms with Crippen LogP contribution in [0.4, 0.5) is 0 Å². The molecule has 4 atom stereocenters. The lowest BCUT2D eigenvalue weighted by Gasteiger charge is -2.36. The first-order valence-corrected chi connectivity index (χ1v) is 8.73. The van der Waals surface area contributed by atoms with E-state index in [0.29, 0.717) is 16.5 Å². The fourth-order valence-electron chi connectivity index (χ4n) is 2.38. The van der Waals surface area contributed by atoms with Crippen molar-refractivity contribution < 1.29 is 4.74 Å². The van der Waals surface area contributed by atoms with Gasteiger partial charge in [0.15, 0.2) is 0 Å². The van der Waals surface area contributed by atoms with Gasteiger partial charge < -0.3 is 10.1 Å². The zero-order valence-electron chi connectivity index (χ0n) is 12.1. The zero-order valence-corrected chi connectivity index (χ0v) is 13.7. The second-order valence-electron chi connectivity index (χ2n) is 4.96. The number of methoxy groups -OCH3 is 1. The van der Waals surface area contributed by atoms with Gasteiger partial charge in [-0.1, -0.05) is 26.0 Å². The van der Waals surface area contributed by atoms with Crippen molar-refractivity contribution in [2.75, 3.05) is 19.9 Å². The highest BCUT2D eigenvalue weighted by atomic mass is 32.2. The largest absolute Gasteiger partial charge is 0.497 e. The molecule has 1 N–H and O–H groups in total. The van der Waals surface area contributed by atoms with Gasteiger partial charge in [0.25, 0.3) is 0 Å². The van der Waals surface area contributed by atoms with Gasteiger partial charge in [0.1, 0.15) is 5.75 Å². The van der Waals surface area contributed by atoms with Crippen molar-refractivity contribution in [1.82, 2.24) is 5.32 Å². The van der Waals surface area contributed by atoms with Crippen LogP contribution in [0.2, 0.25) is 0 Å². The van der Waals surface area contributed by atoms with Gasteiger partial charge in [-0.25, -0.2) is 0 Å². The van der Waals surface area contributed by atoms with Gasteiger partial charge in [-0.3, -0.25) is 0 Å². The van der Waals surface area contributed by atoms with Crippen molar-refractivity contribution in [2.45, 2.75) is 35.6 Å². The number of nitrogens with one attached hydrogen (secondary N) is 1. The van der Waals surface area contributed by atoms with E-state index in [1.54, 1.807) is 7.11 Å². The molecule has 0 amide bonds. The minimum atomic E-state index is 0.391. The molecule has 1 aromatic carbocycles. The molecule has 0 bridgehead atoms. The van der Waals surface area contributed by atoms with Gasteiger partial charge >= 0.3 is 0 Å². The van der Waals surface area contributed by atoms with Crippen LogP contribution in [0.15, 0.2) is 24.3 Å². The Hall–Kier alpha value is -0.320. The van der Waals surface area contributed by atoms with Crippen LogP contribution in [0.3, 0.4) is 0 Å². The van der Waals surface area contributed by atoms with Crippen LogP contribution in [0.1, 0.15) is 25.5 Å². The maximum atomic E-state index is 5.34. The van der Waals surface area contributed by atoms with E-state index >= 15 is 0 Å². The summed E-state index contributed by atoms with van der Waals surface area (Å²) in [6.07, 6.45) is 0. The topological polar surface area (TPSA) is 21.3 Å². The Morgan fingerprint density at radius 2 is 2.11 bits per heavy atom. The molecule has 1 saturated heterocycles. The van der Waals surface area contributed by atoms with Gasteiger partial charge in [-0.2, -0.15) is 23.5 Å². The Morgan fingerprint density at radius 3 is 2.74 bits per heavy atom. The standard InChI is InChI=1S/C15H23NOS2/c1-10-11(2)19-14(9-18-10)15(16-3)12-6-5-7-13(8-12)17-4/h5-8,10-11,14-16H,9H2,1-4H3. The van der Waals surface area contributed by atoms with Crippen LogP contribution in [-0.4, -0.2) is 35.7 Å². The molecule has 1 heterocycles. The molecule has 1 aromatic rings. The third-order valence-corrected chi connectivity index (χ3v) is 7.20. The molecule has 19 heavy (non-hydrogen) atoms. The molecular weight excluding hydrogens is 274 g/mol. The Kier molecular flexibility index (Phi) is 5.48. The van der Waals surface area contributed by atoms with E-state index in [0.717, 1.165) is 11.0 Å². The van der Waals surface area contributed by atoms with Crippen molar-refractivity contribution >= 4 is 23.5 Å². The number of thioether (sulfide) groups is 2. The first-order valence-electron chi connectivity index (χ1n) is 6.74. The van der Waals surface area contributed by atoms with E-state index in [9.17, 15) is 0 Å². The average molecular weight is 297 g/mol. The second-order valence-corrected chi connectivity index (χ2v) is 7.99. The van der Waals surface area contributed by atoms with E-state index in [2.05, 4.69) is 67.9 Å². The van der Waals surface area contributed by atoms with Gasteiger partial charge in [0, 0.05) is 27.5 Å². The number of rotatable bonds is 4. The van der Waals surface area contributed by atoms with Crippen LogP contribution in [-0.2, 0) is 0 Å². The van der Waals surface area contributed by atoms with Gasteiger partial charge in [0.05, 0.1) is 7.11 Å². The molecule has 2 nitrogen and oxygen atoms in total. The SMILES string of the molecule is CNC(c1cccc(OC)c1)C1CSC(C)C(C)S1. The van der Waals surface area contributed by atoms with Crippen LogP contribution < -0.4 is 10.1 Å². The Balaban J connectivity index is 2.15. The third kappa shape index (κ3) is 3.61. The first-order chi connectivity index (χ1) is 9.15. The summed E-state index contributed by atoms with van der Waals surface area (Å²) in [4.78, 5) is 0. The highest BCUT2D eigenvalue weighted by Crippen LogP contribution is 2.41. The molecule has 0 saturated carbocycles. The molecular formula is C15H23NOS2. The summed E-state index contributed by atoms with van der Waals surface area (Å²) in [7, 11) is 3.78. The molecule has 0 spiro atoms. The van der Waals surface area contributed by atoms with Crippen LogP contribution >= 0.6 is 23.5 Å². The fourth-order valence-corrected chi connectivity index (χ4v) is 5.54. The molecule has 1 aliphatic heterocycles. The number of ether oxygens (including phenoxy) is 1. The highest BCUT2D eigenvalue weighted by molar-refractivity contribution is 8.07. The minimum absolute atomic E-state index is 0.391.